The number of hydrogen-bond acceptors (Lipinski definition) is 3. The second-order valence-corrected chi connectivity index (χ2v) is 8.11. The van der Waals surface area contributed by atoms with E-state index in [-0.39, 0.29) is 5.91 Å². The van der Waals surface area contributed by atoms with Crippen LogP contribution in [0.3, 0.4) is 0 Å². The van der Waals surface area contributed by atoms with Crippen molar-refractivity contribution in [1.29, 1.82) is 0 Å². The molecular formula is C15H20ClNOS2. The molecule has 1 fully saturated rings. The number of thioether (sulfide) groups is 1. The average molecular weight is 330 g/mol. The van der Waals surface area contributed by atoms with E-state index >= 15 is 0 Å². The van der Waals surface area contributed by atoms with Gasteiger partial charge in [0.15, 0.2) is 0 Å². The van der Waals surface area contributed by atoms with Gasteiger partial charge >= 0.3 is 0 Å². The van der Waals surface area contributed by atoms with Crippen LogP contribution >= 0.6 is 34.7 Å². The first-order valence-electron chi connectivity index (χ1n) is 7.36. The van der Waals surface area contributed by atoms with Gasteiger partial charge in [-0.25, -0.2) is 0 Å². The van der Waals surface area contributed by atoms with Crippen molar-refractivity contribution in [2.45, 2.75) is 43.9 Å². The Hall–Kier alpha value is -0.190. The number of carbonyl (C=O) groups is 1. The van der Waals surface area contributed by atoms with Gasteiger partial charge in [-0.3, -0.25) is 4.79 Å². The highest BCUT2D eigenvalue weighted by Crippen LogP contribution is 2.34. The zero-order chi connectivity index (χ0) is 13.9. The molecule has 2 nitrogen and oxygen atoms in total. The molecule has 2 heterocycles. The fourth-order valence-corrected chi connectivity index (χ4v) is 5.22. The predicted molar refractivity (Wildman–Crippen MR) is 88.2 cm³/mol. The summed E-state index contributed by atoms with van der Waals surface area (Å²) < 4.78 is 0. The molecule has 0 saturated heterocycles. The van der Waals surface area contributed by atoms with Crippen molar-refractivity contribution in [2.75, 3.05) is 18.2 Å². The van der Waals surface area contributed by atoms with E-state index in [1.54, 1.807) is 11.3 Å². The summed E-state index contributed by atoms with van der Waals surface area (Å²) in [4.78, 5) is 17.2. The van der Waals surface area contributed by atoms with Gasteiger partial charge in [-0.05, 0) is 49.5 Å². The van der Waals surface area contributed by atoms with Gasteiger partial charge in [-0.15, -0.1) is 22.9 Å². The van der Waals surface area contributed by atoms with Crippen molar-refractivity contribution >= 4 is 40.6 Å². The number of amides is 1. The summed E-state index contributed by atoms with van der Waals surface area (Å²) in [5.41, 5.74) is 1.39. The van der Waals surface area contributed by atoms with E-state index in [1.807, 2.05) is 11.8 Å². The molecule has 5 heteroatoms. The van der Waals surface area contributed by atoms with Gasteiger partial charge in [0.2, 0.25) is 0 Å². The number of fused-ring (bicyclic) bond motifs is 1. The smallest absolute Gasteiger partial charge is 0.264 e. The van der Waals surface area contributed by atoms with Crippen LogP contribution in [0.15, 0.2) is 6.07 Å². The number of hydrogen-bond donors (Lipinski definition) is 0. The summed E-state index contributed by atoms with van der Waals surface area (Å²) >= 11 is 9.50. The lowest BCUT2D eigenvalue weighted by Gasteiger charge is -2.37. The Morgan fingerprint density at radius 1 is 1.45 bits per heavy atom. The van der Waals surface area contributed by atoms with Crippen LogP contribution in [0.1, 0.15) is 45.8 Å². The van der Waals surface area contributed by atoms with Crippen molar-refractivity contribution in [3.63, 3.8) is 0 Å². The minimum absolute atomic E-state index is 0.240. The molecule has 0 unspecified atom stereocenters. The van der Waals surface area contributed by atoms with Crippen molar-refractivity contribution < 1.29 is 4.79 Å². The molecule has 2 aliphatic rings. The Morgan fingerprint density at radius 3 is 2.95 bits per heavy atom. The molecule has 0 bridgehead atoms. The lowest BCUT2D eigenvalue weighted by molar-refractivity contribution is 0.0586. The van der Waals surface area contributed by atoms with E-state index in [0.29, 0.717) is 11.9 Å². The van der Waals surface area contributed by atoms with Crippen LogP contribution < -0.4 is 0 Å². The maximum atomic E-state index is 12.8. The minimum Gasteiger partial charge on any atom is -0.335 e. The quantitative estimate of drug-likeness (QED) is 0.756. The highest BCUT2D eigenvalue weighted by Gasteiger charge is 2.30. The third kappa shape index (κ3) is 3.02. The van der Waals surface area contributed by atoms with Gasteiger partial charge in [-0.2, -0.15) is 11.8 Å². The first-order chi connectivity index (χ1) is 9.79. The van der Waals surface area contributed by atoms with Crippen LogP contribution in [0.5, 0.6) is 0 Å². The topological polar surface area (TPSA) is 20.3 Å². The van der Waals surface area contributed by atoms with E-state index < -0.39 is 0 Å². The summed E-state index contributed by atoms with van der Waals surface area (Å²) in [6.45, 7) is 0.810. The van der Waals surface area contributed by atoms with Gasteiger partial charge in [0.1, 0.15) is 0 Å². The van der Waals surface area contributed by atoms with Gasteiger partial charge in [0, 0.05) is 29.1 Å². The molecule has 0 N–H and O–H groups in total. The van der Waals surface area contributed by atoms with Crippen LogP contribution in [0.25, 0.3) is 0 Å². The fraction of sp³-hybridized carbons (Fsp3) is 0.667. The molecule has 1 aromatic heterocycles. The molecule has 1 aliphatic carbocycles. The lowest BCUT2D eigenvalue weighted by Crippen LogP contribution is -2.44. The zero-order valence-corrected chi connectivity index (χ0v) is 14.0. The summed E-state index contributed by atoms with van der Waals surface area (Å²) in [6.07, 6.45) is 5.60. The largest absolute Gasteiger partial charge is 0.335 e. The van der Waals surface area contributed by atoms with Crippen LogP contribution in [0.4, 0.5) is 0 Å². The van der Waals surface area contributed by atoms with Crippen molar-refractivity contribution in [2.24, 2.45) is 0 Å². The molecule has 3 rings (SSSR count). The number of rotatable bonds is 5. The normalized spacial score (nSPS) is 18.4. The third-order valence-electron chi connectivity index (χ3n) is 4.15. The molecule has 1 amide bonds. The number of thiophene rings is 1. The monoisotopic (exact) mass is 329 g/mol. The summed E-state index contributed by atoms with van der Waals surface area (Å²) in [6, 6.07) is 2.60. The average Bonchev–Trinajstić information content (AvgIpc) is 2.84. The third-order valence-corrected chi connectivity index (χ3v) is 6.65. The summed E-state index contributed by atoms with van der Waals surface area (Å²) in [5, 5.41) is 0. The summed E-state index contributed by atoms with van der Waals surface area (Å²) in [7, 11) is 0. The number of halogens is 1. The molecule has 1 aromatic rings. The second kappa shape index (κ2) is 6.71. The van der Waals surface area contributed by atoms with Crippen LogP contribution in [0, 0.1) is 0 Å². The van der Waals surface area contributed by atoms with E-state index in [1.165, 1.54) is 22.6 Å². The molecular weight excluding hydrogens is 310 g/mol. The Bertz CT molecular complexity index is 461. The SMILES string of the molecule is O=C(c1cc2c(s1)CCSC2)N(CCCCl)C1CCC1. The second-order valence-electron chi connectivity index (χ2n) is 5.49. The Kier molecular flexibility index (Phi) is 4.95. The Morgan fingerprint density at radius 2 is 2.30 bits per heavy atom. The van der Waals surface area contributed by atoms with E-state index in [2.05, 4.69) is 11.0 Å². The molecule has 1 aliphatic heterocycles. The highest BCUT2D eigenvalue weighted by atomic mass is 35.5. The first kappa shape index (κ1) is 14.7. The molecule has 0 radical (unpaired) electrons. The molecule has 110 valence electrons. The number of alkyl halides is 1. The Balaban J connectivity index is 1.75. The number of aryl methyl sites for hydroxylation is 1. The van der Waals surface area contributed by atoms with E-state index in [9.17, 15) is 4.79 Å². The first-order valence-corrected chi connectivity index (χ1v) is 9.86. The molecule has 1 saturated carbocycles. The van der Waals surface area contributed by atoms with E-state index in [4.69, 9.17) is 11.6 Å². The lowest BCUT2D eigenvalue weighted by atomic mass is 9.91. The molecule has 20 heavy (non-hydrogen) atoms. The standard InChI is InChI=1S/C15H20ClNOS2/c16-6-2-7-17(12-3-1-4-12)15(18)14-9-11-10-19-8-5-13(11)20-14/h9,12H,1-8,10H2. The van der Waals surface area contributed by atoms with Gasteiger partial charge < -0.3 is 4.90 Å². The maximum Gasteiger partial charge on any atom is 0.264 e. The van der Waals surface area contributed by atoms with Gasteiger partial charge in [-0.1, -0.05) is 0 Å². The number of carbonyl (C=O) groups excluding carboxylic acids is 1. The van der Waals surface area contributed by atoms with Gasteiger partial charge in [0.25, 0.3) is 5.91 Å². The van der Waals surface area contributed by atoms with Crippen LogP contribution in [-0.2, 0) is 12.2 Å². The maximum absolute atomic E-state index is 12.8. The molecule has 0 spiro atoms. The van der Waals surface area contributed by atoms with Gasteiger partial charge in [0.05, 0.1) is 4.88 Å². The fourth-order valence-electron chi connectivity index (χ4n) is 2.77. The zero-order valence-electron chi connectivity index (χ0n) is 11.6. The molecule has 0 atom stereocenters. The minimum atomic E-state index is 0.240. The van der Waals surface area contributed by atoms with Crippen molar-refractivity contribution in [1.82, 2.24) is 4.90 Å². The van der Waals surface area contributed by atoms with Crippen molar-refractivity contribution in [3.05, 3.63) is 21.4 Å². The van der Waals surface area contributed by atoms with E-state index in [0.717, 1.165) is 42.9 Å². The summed E-state index contributed by atoms with van der Waals surface area (Å²) in [5.74, 6) is 3.14. The predicted octanol–water partition coefficient (Wildman–Crippen LogP) is 4.16. The van der Waals surface area contributed by atoms with Crippen LogP contribution in [-0.4, -0.2) is 35.0 Å². The number of nitrogens with zero attached hydrogens (tertiary/aromatic N) is 1. The molecule has 0 aromatic carbocycles. The van der Waals surface area contributed by atoms with Crippen molar-refractivity contribution in [3.8, 4) is 0 Å². The highest BCUT2D eigenvalue weighted by molar-refractivity contribution is 7.98. The van der Waals surface area contributed by atoms with Crippen LogP contribution in [0.2, 0.25) is 0 Å². The Labute approximate surface area is 133 Å².